The predicted octanol–water partition coefficient (Wildman–Crippen LogP) is 1.50. The smallest absolute Gasteiger partial charge is 0.323 e. The van der Waals surface area contributed by atoms with Crippen molar-refractivity contribution in [2.24, 2.45) is 0 Å². The van der Waals surface area contributed by atoms with Gasteiger partial charge in [-0.2, -0.15) is 0 Å². The highest BCUT2D eigenvalue weighted by atomic mass is 31.2. The molecule has 3 N–H and O–H groups in total. The monoisotopic (exact) mass is 251 g/mol. The molecule has 6 heteroatoms. The summed E-state index contributed by atoms with van der Waals surface area (Å²) in [5, 5.41) is 20.9. The van der Waals surface area contributed by atoms with Crippen molar-refractivity contribution in [2.75, 3.05) is 0 Å². The van der Waals surface area contributed by atoms with Crippen LogP contribution in [0.15, 0.2) is 0 Å². The van der Waals surface area contributed by atoms with Crippen molar-refractivity contribution in [3.05, 3.63) is 0 Å². The van der Waals surface area contributed by atoms with E-state index in [2.05, 4.69) is 5.09 Å². The number of aliphatic carboxylic acids is 1. The largest absolute Gasteiger partial charge is 0.480 e. The number of carboxylic acid groups (broad SMARTS) is 1. The number of aliphatic hydroxyl groups excluding tert-OH is 1. The zero-order chi connectivity index (χ0) is 13.1. The summed E-state index contributed by atoms with van der Waals surface area (Å²) in [6, 6.07) is -1.18. The first-order valence-corrected chi connectivity index (χ1v) is 7.25. The third-order valence-corrected chi connectivity index (χ3v) is 6.37. The van der Waals surface area contributed by atoms with Gasteiger partial charge in [0, 0.05) is 11.3 Å². The van der Waals surface area contributed by atoms with Crippen LogP contribution in [0.4, 0.5) is 0 Å². The summed E-state index contributed by atoms with van der Waals surface area (Å²) in [5.74, 6) is -1.18. The Hall–Kier alpha value is -0.380. The van der Waals surface area contributed by atoms with Crippen molar-refractivity contribution in [3.8, 4) is 0 Å². The third-order valence-electron chi connectivity index (χ3n) is 2.62. The molecule has 0 spiro atoms. The van der Waals surface area contributed by atoms with Crippen molar-refractivity contribution >= 4 is 13.3 Å². The molecule has 0 fully saturated rings. The molecule has 2 atom stereocenters. The number of hydrogen-bond donors (Lipinski definition) is 3. The fraction of sp³-hybridized carbons (Fsp3) is 0.900. The second-order valence-corrected chi connectivity index (χ2v) is 8.33. The molecule has 5 nitrogen and oxygen atoms in total. The van der Waals surface area contributed by atoms with Crippen LogP contribution in [0.1, 0.15) is 34.6 Å². The zero-order valence-electron chi connectivity index (χ0n) is 10.5. The molecule has 0 heterocycles. The van der Waals surface area contributed by atoms with E-state index in [-0.39, 0.29) is 11.3 Å². The number of rotatable bonds is 6. The molecule has 0 aliphatic carbocycles. The minimum atomic E-state index is -2.82. The van der Waals surface area contributed by atoms with Crippen LogP contribution in [0.25, 0.3) is 0 Å². The van der Waals surface area contributed by atoms with Crippen molar-refractivity contribution < 1.29 is 19.6 Å². The van der Waals surface area contributed by atoms with Crippen LogP contribution in [0, 0.1) is 0 Å². The van der Waals surface area contributed by atoms with E-state index in [4.69, 9.17) is 5.11 Å². The molecular formula is C10H22NO4P. The summed E-state index contributed by atoms with van der Waals surface area (Å²) < 4.78 is 12.5. The van der Waals surface area contributed by atoms with Gasteiger partial charge in [0.1, 0.15) is 6.04 Å². The highest BCUT2D eigenvalue weighted by Crippen LogP contribution is 2.51. The summed E-state index contributed by atoms with van der Waals surface area (Å²) in [7, 11) is -2.82. The Morgan fingerprint density at radius 3 is 1.69 bits per heavy atom. The molecule has 0 amide bonds. The Kier molecular flexibility index (Phi) is 5.66. The highest BCUT2D eigenvalue weighted by Gasteiger charge is 2.36. The lowest BCUT2D eigenvalue weighted by Crippen LogP contribution is -2.45. The lowest BCUT2D eigenvalue weighted by molar-refractivity contribution is -0.141. The van der Waals surface area contributed by atoms with Gasteiger partial charge in [0.2, 0.25) is 0 Å². The molecule has 0 aliphatic heterocycles. The van der Waals surface area contributed by atoms with Crippen LogP contribution in [-0.4, -0.2) is 39.6 Å². The van der Waals surface area contributed by atoms with Gasteiger partial charge in [0.25, 0.3) is 0 Å². The lowest BCUT2D eigenvalue weighted by Gasteiger charge is -2.31. The molecule has 0 aromatic heterocycles. The molecule has 0 aromatic rings. The van der Waals surface area contributed by atoms with E-state index in [9.17, 15) is 14.5 Å². The third kappa shape index (κ3) is 3.58. The molecule has 16 heavy (non-hydrogen) atoms. The van der Waals surface area contributed by atoms with E-state index in [1.54, 1.807) is 27.7 Å². The van der Waals surface area contributed by atoms with Gasteiger partial charge in [-0.05, 0) is 6.92 Å². The maximum Gasteiger partial charge on any atom is 0.323 e. The van der Waals surface area contributed by atoms with Gasteiger partial charge in [-0.1, -0.05) is 27.7 Å². The first-order valence-electron chi connectivity index (χ1n) is 5.41. The number of carboxylic acids is 1. The van der Waals surface area contributed by atoms with Gasteiger partial charge < -0.3 is 14.8 Å². The van der Waals surface area contributed by atoms with Crippen LogP contribution in [0.5, 0.6) is 0 Å². The Bertz CT molecular complexity index is 277. The molecule has 0 radical (unpaired) electrons. The fourth-order valence-electron chi connectivity index (χ4n) is 1.48. The Morgan fingerprint density at radius 1 is 1.12 bits per heavy atom. The molecule has 0 aromatic carbocycles. The van der Waals surface area contributed by atoms with Gasteiger partial charge in [-0.15, -0.1) is 0 Å². The van der Waals surface area contributed by atoms with Crippen LogP contribution in [-0.2, 0) is 9.36 Å². The highest BCUT2D eigenvalue weighted by molar-refractivity contribution is 7.63. The maximum atomic E-state index is 12.5. The van der Waals surface area contributed by atoms with Crippen molar-refractivity contribution in [1.29, 1.82) is 0 Å². The second kappa shape index (κ2) is 5.80. The van der Waals surface area contributed by atoms with Gasteiger partial charge >= 0.3 is 5.97 Å². The molecule has 96 valence electrons. The normalized spacial score (nSPS) is 16.5. The number of aliphatic hydroxyl groups is 1. The zero-order valence-corrected chi connectivity index (χ0v) is 11.4. The number of nitrogens with one attached hydrogen (secondary N) is 1. The Morgan fingerprint density at radius 2 is 1.50 bits per heavy atom. The average Bonchev–Trinajstić information content (AvgIpc) is 2.11. The summed E-state index contributed by atoms with van der Waals surface area (Å²) in [6.45, 7) is 8.52. The first kappa shape index (κ1) is 15.6. The molecule has 0 aliphatic rings. The predicted molar refractivity (Wildman–Crippen MR) is 64.1 cm³/mol. The molecule has 0 bridgehead atoms. The van der Waals surface area contributed by atoms with Gasteiger partial charge in [0.05, 0.1) is 6.10 Å². The second-order valence-electron chi connectivity index (χ2n) is 4.58. The van der Waals surface area contributed by atoms with Crippen molar-refractivity contribution in [2.45, 2.75) is 58.1 Å². The molecule has 0 rings (SSSR count). The SMILES string of the molecule is CC(C)P(=O)(N[C@H](C(=O)O)[C@@H](C)O)C(C)C. The molecule has 0 saturated heterocycles. The van der Waals surface area contributed by atoms with E-state index in [0.717, 1.165) is 0 Å². The summed E-state index contributed by atoms with van der Waals surface area (Å²) in [4.78, 5) is 10.9. The van der Waals surface area contributed by atoms with Crippen LogP contribution in [0.2, 0.25) is 0 Å². The van der Waals surface area contributed by atoms with E-state index < -0.39 is 25.4 Å². The fourth-order valence-corrected chi connectivity index (χ4v) is 4.03. The minimum absolute atomic E-state index is 0.159. The number of hydrogen-bond acceptors (Lipinski definition) is 3. The number of carbonyl (C=O) groups is 1. The van der Waals surface area contributed by atoms with Crippen LogP contribution >= 0.6 is 7.29 Å². The maximum absolute atomic E-state index is 12.5. The van der Waals surface area contributed by atoms with Crippen molar-refractivity contribution in [1.82, 2.24) is 5.09 Å². The van der Waals surface area contributed by atoms with E-state index >= 15 is 0 Å². The Labute approximate surface area is 96.7 Å². The quantitative estimate of drug-likeness (QED) is 0.623. The molecular weight excluding hydrogens is 229 g/mol. The van der Waals surface area contributed by atoms with E-state index in [0.29, 0.717) is 0 Å². The summed E-state index contributed by atoms with van der Waals surface area (Å²) in [6.07, 6.45) is -1.08. The minimum Gasteiger partial charge on any atom is -0.480 e. The van der Waals surface area contributed by atoms with E-state index in [1.165, 1.54) is 6.92 Å². The van der Waals surface area contributed by atoms with Crippen LogP contribution < -0.4 is 5.09 Å². The molecule has 0 saturated carbocycles. The van der Waals surface area contributed by atoms with Gasteiger partial charge in [-0.3, -0.25) is 9.88 Å². The average molecular weight is 251 g/mol. The lowest BCUT2D eigenvalue weighted by atomic mass is 10.2. The van der Waals surface area contributed by atoms with Crippen LogP contribution in [0.3, 0.4) is 0 Å². The first-order chi connectivity index (χ1) is 7.12. The molecule has 0 unspecified atom stereocenters. The summed E-state index contributed by atoms with van der Waals surface area (Å²) >= 11 is 0. The van der Waals surface area contributed by atoms with Gasteiger partial charge in [0.15, 0.2) is 7.29 Å². The standard InChI is InChI=1S/C10H22NO4P/c1-6(2)16(15,7(3)4)11-9(8(5)12)10(13)14/h6-9,12H,1-5H3,(H,11,15)(H,13,14)/t8-,9+/m1/s1. The van der Waals surface area contributed by atoms with Crippen molar-refractivity contribution in [3.63, 3.8) is 0 Å². The topological polar surface area (TPSA) is 86.6 Å². The summed E-state index contributed by atoms with van der Waals surface area (Å²) in [5.41, 5.74) is -0.318. The van der Waals surface area contributed by atoms with Gasteiger partial charge in [-0.25, -0.2) is 0 Å². The van der Waals surface area contributed by atoms with E-state index in [1.807, 2.05) is 0 Å². The Balaban J connectivity index is 5.01.